The van der Waals surface area contributed by atoms with Gasteiger partial charge in [0.1, 0.15) is 0 Å². The van der Waals surface area contributed by atoms with E-state index in [0.717, 1.165) is 44.9 Å². The number of carboxylic acid groups (broad SMARTS) is 2. The van der Waals surface area contributed by atoms with Crippen molar-refractivity contribution in [2.24, 2.45) is 56.7 Å². The van der Waals surface area contributed by atoms with E-state index in [1.165, 1.54) is 0 Å². The second kappa shape index (κ2) is 7.58. The number of aliphatic hydroxyl groups excluding tert-OH is 1. The Kier molecular flexibility index (Phi) is 5.48. The Morgan fingerprint density at radius 3 is 2.09 bits per heavy atom. The lowest BCUT2D eigenvalue weighted by atomic mass is 9.32. The summed E-state index contributed by atoms with van der Waals surface area (Å²) in [6.45, 7) is 15.9. The van der Waals surface area contributed by atoms with Gasteiger partial charge in [-0.05, 0) is 115 Å². The van der Waals surface area contributed by atoms with Gasteiger partial charge in [-0.3, -0.25) is 4.79 Å². The van der Waals surface area contributed by atoms with Gasteiger partial charge in [-0.15, -0.1) is 0 Å². The Bertz CT molecular complexity index is 954. The second-order valence-corrected chi connectivity index (χ2v) is 14.5. The van der Waals surface area contributed by atoms with Gasteiger partial charge in [-0.25, -0.2) is 4.79 Å². The van der Waals surface area contributed by atoms with Crippen LogP contribution in [0.5, 0.6) is 0 Å². The number of fused-ring (bicyclic) bond motifs is 7. The Morgan fingerprint density at radius 1 is 0.771 bits per heavy atom. The van der Waals surface area contributed by atoms with Crippen LogP contribution in [0, 0.1) is 56.7 Å². The van der Waals surface area contributed by atoms with Crippen molar-refractivity contribution in [1.82, 2.24) is 0 Å². The van der Waals surface area contributed by atoms with Crippen LogP contribution in [0.2, 0.25) is 0 Å². The number of hydrogen-bond donors (Lipinski definition) is 3. The lowest BCUT2D eigenvalue weighted by molar-refractivity contribution is -0.248. The molecule has 5 rings (SSSR count). The van der Waals surface area contributed by atoms with Crippen LogP contribution in [-0.2, 0) is 9.59 Å². The van der Waals surface area contributed by atoms with Crippen LogP contribution in [0.3, 0.4) is 0 Å². The molecule has 35 heavy (non-hydrogen) atoms. The maximum absolute atomic E-state index is 12.8. The lowest BCUT2D eigenvalue weighted by Gasteiger charge is -2.72. The highest BCUT2D eigenvalue weighted by Gasteiger charge is 2.72. The van der Waals surface area contributed by atoms with Gasteiger partial charge >= 0.3 is 11.9 Å². The van der Waals surface area contributed by atoms with Crippen molar-refractivity contribution in [2.75, 3.05) is 0 Å². The Labute approximate surface area is 210 Å². The first-order valence-corrected chi connectivity index (χ1v) is 14.0. The number of hydrogen-bond acceptors (Lipinski definition) is 3. The van der Waals surface area contributed by atoms with Crippen LogP contribution >= 0.6 is 0 Å². The molecule has 5 nitrogen and oxygen atoms in total. The SMILES string of the molecule is C=C(C(=O)O)C1CCC2(C(=O)O)CCC3(C)C(CCC4C5(C)CCC(O)C(C)(C)C5CCC43C)C12. The molecule has 0 amide bonds. The van der Waals surface area contributed by atoms with E-state index in [-0.39, 0.29) is 51.1 Å². The first-order chi connectivity index (χ1) is 16.2. The monoisotopic (exact) mass is 486 g/mol. The standard InChI is InChI=1S/C30H46O5/c1-17(24(32)33)18-9-14-30(25(34)35)16-15-28(5)19(23(18)30)7-8-21-27(4)12-11-22(31)26(2,3)20(27)10-13-29(21,28)6/h18-23,31H,1,7-16H2,2-6H3,(H,32,33)(H,34,35). The topological polar surface area (TPSA) is 94.8 Å². The minimum Gasteiger partial charge on any atom is -0.481 e. The summed E-state index contributed by atoms with van der Waals surface area (Å²) in [7, 11) is 0. The maximum Gasteiger partial charge on any atom is 0.331 e. The summed E-state index contributed by atoms with van der Waals surface area (Å²) < 4.78 is 0. The summed E-state index contributed by atoms with van der Waals surface area (Å²) in [6, 6.07) is 0. The van der Waals surface area contributed by atoms with E-state index in [1.54, 1.807) is 0 Å². The van der Waals surface area contributed by atoms with Crippen molar-refractivity contribution < 1.29 is 24.9 Å². The van der Waals surface area contributed by atoms with E-state index in [9.17, 15) is 24.9 Å². The third-order valence-corrected chi connectivity index (χ3v) is 13.6. The minimum atomic E-state index is -0.973. The lowest BCUT2D eigenvalue weighted by Crippen LogP contribution is -2.67. The van der Waals surface area contributed by atoms with Gasteiger partial charge in [-0.2, -0.15) is 0 Å². The first-order valence-electron chi connectivity index (χ1n) is 14.0. The molecule has 5 heteroatoms. The molecule has 0 saturated heterocycles. The predicted octanol–water partition coefficient (Wildman–Crippen LogP) is 6.15. The van der Waals surface area contributed by atoms with Crippen molar-refractivity contribution >= 4 is 11.9 Å². The fourth-order valence-corrected chi connectivity index (χ4v) is 11.5. The summed E-state index contributed by atoms with van der Waals surface area (Å²) in [5, 5.41) is 31.2. The molecule has 0 aliphatic heterocycles. The van der Waals surface area contributed by atoms with Gasteiger partial charge in [-0.1, -0.05) is 41.2 Å². The zero-order valence-electron chi connectivity index (χ0n) is 22.4. The molecule has 0 heterocycles. The molecule has 5 aliphatic carbocycles. The molecule has 0 bridgehead atoms. The molecule has 5 aliphatic rings. The molecule has 0 aromatic rings. The van der Waals surface area contributed by atoms with Crippen molar-refractivity contribution in [2.45, 2.75) is 105 Å². The van der Waals surface area contributed by atoms with E-state index in [2.05, 4.69) is 41.2 Å². The average molecular weight is 487 g/mol. The fraction of sp³-hybridized carbons (Fsp3) is 0.867. The van der Waals surface area contributed by atoms with Crippen molar-refractivity contribution in [3.05, 3.63) is 12.2 Å². The third-order valence-electron chi connectivity index (χ3n) is 13.6. The summed E-state index contributed by atoms with van der Waals surface area (Å²) in [6.07, 6.45) is 8.70. The number of carboxylic acids is 2. The highest BCUT2D eigenvalue weighted by Crippen LogP contribution is 2.77. The zero-order valence-corrected chi connectivity index (χ0v) is 22.4. The number of aliphatic hydroxyl groups is 1. The van der Waals surface area contributed by atoms with Crippen molar-refractivity contribution in [3.63, 3.8) is 0 Å². The fourth-order valence-electron chi connectivity index (χ4n) is 11.5. The van der Waals surface area contributed by atoms with E-state index in [1.807, 2.05) is 0 Å². The van der Waals surface area contributed by atoms with Gasteiger partial charge in [0.25, 0.3) is 0 Å². The highest BCUT2D eigenvalue weighted by atomic mass is 16.4. The number of aliphatic carboxylic acids is 2. The molecule has 0 aromatic heterocycles. The first kappa shape index (κ1) is 25.3. The largest absolute Gasteiger partial charge is 0.481 e. The minimum absolute atomic E-state index is 0.0188. The van der Waals surface area contributed by atoms with Crippen LogP contribution in [0.25, 0.3) is 0 Å². The van der Waals surface area contributed by atoms with E-state index >= 15 is 0 Å². The summed E-state index contributed by atoms with van der Waals surface area (Å²) in [5.74, 6) is -0.846. The molecule has 5 saturated carbocycles. The molecule has 0 radical (unpaired) electrons. The maximum atomic E-state index is 12.8. The zero-order chi connectivity index (χ0) is 25.8. The van der Waals surface area contributed by atoms with E-state index in [0.29, 0.717) is 31.1 Å². The van der Waals surface area contributed by atoms with Gasteiger partial charge in [0, 0.05) is 5.57 Å². The molecular formula is C30H46O5. The van der Waals surface area contributed by atoms with Gasteiger partial charge < -0.3 is 15.3 Å². The molecule has 196 valence electrons. The Morgan fingerprint density at radius 2 is 1.46 bits per heavy atom. The van der Waals surface area contributed by atoms with E-state index in [4.69, 9.17) is 0 Å². The van der Waals surface area contributed by atoms with Crippen LogP contribution in [-0.4, -0.2) is 33.4 Å². The quantitative estimate of drug-likeness (QED) is 0.416. The van der Waals surface area contributed by atoms with Crippen LogP contribution in [0.15, 0.2) is 12.2 Å². The van der Waals surface area contributed by atoms with Crippen molar-refractivity contribution in [3.8, 4) is 0 Å². The normalized spacial score (nSPS) is 52.4. The molecule has 5 fully saturated rings. The summed E-state index contributed by atoms with van der Waals surface area (Å²) >= 11 is 0. The van der Waals surface area contributed by atoms with Gasteiger partial charge in [0.15, 0.2) is 0 Å². The Balaban J connectivity index is 1.57. The van der Waals surface area contributed by atoms with Crippen molar-refractivity contribution in [1.29, 1.82) is 0 Å². The number of rotatable bonds is 3. The highest BCUT2D eigenvalue weighted by molar-refractivity contribution is 5.87. The van der Waals surface area contributed by atoms with Crippen LogP contribution < -0.4 is 0 Å². The molecule has 10 atom stereocenters. The molecule has 0 aromatic carbocycles. The van der Waals surface area contributed by atoms with Gasteiger partial charge in [0.05, 0.1) is 11.5 Å². The molecule has 10 unspecified atom stereocenters. The predicted molar refractivity (Wildman–Crippen MR) is 135 cm³/mol. The Hall–Kier alpha value is -1.36. The van der Waals surface area contributed by atoms with Gasteiger partial charge in [0.2, 0.25) is 0 Å². The summed E-state index contributed by atoms with van der Waals surface area (Å²) in [5.41, 5.74) is -0.448. The van der Waals surface area contributed by atoms with Crippen LogP contribution in [0.4, 0.5) is 0 Å². The third kappa shape index (κ3) is 2.97. The molecule has 3 N–H and O–H groups in total. The molecule has 0 spiro atoms. The van der Waals surface area contributed by atoms with E-state index < -0.39 is 17.4 Å². The molecular weight excluding hydrogens is 440 g/mol. The summed E-state index contributed by atoms with van der Waals surface area (Å²) in [4.78, 5) is 24.8. The smallest absolute Gasteiger partial charge is 0.331 e. The average Bonchev–Trinajstić information content (AvgIpc) is 3.17. The van der Waals surface area contributed by atoms with Crippen LogP contribution in [0.1, 0.15) is 98.8 Å². The second-order valence-electron chi connectivity index (χ2n) is 14.5. The number of carbonyl (C=O) groups is 2.